The van der Waals surface area contributed by atoms with Gasteiger partial charge in [0, 0.05) is 28.5 Å². The monoisotopic (exact) mass is 349 g/mol. The zero-order chi connectivity index (χ0) is 17.2. The zero-order valence-corrected chi connectivity index (χ0v) is 15.5. The first kappa shape index (κ1) is 16.5. The maximum atomic E-state index is 6.12. The third-order valence-electron chi connectivity index (χ3n) is 5.33. The van der Waals surface area contributed by atoms with Crippen LogP contribution in [0.4, 0.5) is 0 Å². The molecule has 128 valence electrons. The second kappa shape index (κ2) is 7.09. The second-order valence-corrected chi connectivity index (χ2v) is 7.32. The Balaban J connectivity index is 1.87. The van der Waals surface area contributed by atoms with Crippen molar-refractivity contribution in [3.05, 3.63) is 82.1 Å². The number of hydrogen-bond acceptors (Lipinski definition) is 0. The molecule has 0 bridgehead atoms. The minimum Gasteiger partial charge on any atom is -0.343 e. The molecular formula is C23H24ClN. The molecule has 1 nitrogen and oxygen atoms in total. The molecule has 3 aromatic rings. The largest absolute Gasteiger partial charge is 0.343 e. The molecule has 0 atom stereocenters. The standard InChI is InChI=1S/C23H24ClN/c1-2-21-23(18-12-14-19(24)15-13-18)20-10-6-7-11-22(20)25(21)16-17-8-4-3-5-9-17/h3-5,8-9,12-15H,2,6-7,10-11,16H2,1H3. The van der Waals surface area contributed by atoms with E-state index in [1.807, 2.05) is 12.1 Å². The molecule has 4 rings (SSSR count). The Morgan fingerprint density at radius 1 is 0.920 bits per heavy atom. The fourth-order valence-electron chi connectivity index (χ4n) is 4.21. The molecule has 0 spiro atoms. The summed E-state index contributed by atoms with van der Waals surface area (Å²) in [6, 6.07) is 19.2. The Labute approximate surface area is 155 Å². The van der Waals surface area contributed by atoms with Gasteiger partial charge in [0.2, 0.25) is 0 Å². The van der Waals surface area contributed by atoms with Crippen LogP contribution in [-0.2, 0) is 25.8 Å². The van der Waals surface area contributed by atoms with Gasteiger partial charge in [-0.25, -0.2) is 0 Å². The van der Waals surface area contributed by atoms with Crippen LogP contribution in [0.2, 0.25) is 5.02 Å². The third-order valence-corrected chi connectivity index (χ3v) is 5.58. The van der Waals surface area contributed by atoms with Crippen molar-refractivity contribution >= 4 is 11.6 Å². The van der Waals surface area contributed by atoms with Gasteiger partial charge in [0.05, 0.1) is 0 Å². The van der Waals surface area contributed by atoms with Gasteiger partial charge >= 0.3 is 0 Å². The van der Waals surface area contributed by atoms with Crippen molar-refractivity contribution < 1.29 is 0 Å². The van der Waals surface area contributed by atoms with Crippen molar-refractivity contribution in [2.75, 3.05) is 0 Å². The first-order valence-corrected chi connectivity index (χ1v) is 9.68. The molecule has 1 aliphatic carbocycles. The number of fused-ring (bicyclic) bond motifs is 1. The minimum absolute atomic E-state index is 0.805. The molecule has 1 aliphatic rings. The summed E-state index contributed by atoms with van der Waals surface area (Å²) in [5, 5.41) is 0.805. The molecule has 2 aromatic carbocycles. The molecule has 25 heavy (non-hydrogen) atoms. The summed E-state index contributed by atoms with van der Waals surface area (Å²) in [5.74, 6) is 0. The molecule has 0 fully saturated rings. The average molecular weight is 350 g/mol. The van der Waals surface area contributed by atoms with Crippen molar-refractivity contribution in [1.82, 2.24) is 4.57 Å². The average Bonchev–Trinajstić information content (AvgIpc) is 2.97. The van der Waals surface area contributed by atoms with E-state index in [1.165, 1.54) is 48.1 Å². The Bertz CT molecular complexity index is 859. The van der Waals surface area contributed by atoms with Crippen molar-refractivity contribution in [2.45, 2.75) is 45.6 Å². The third kappa shape index (κ3) is 3.14. The Kier molecular flexibility index (Phi) is 4.67. The number of rotatable bonds is 4. The lowest BCUT2D eigenvalue weighted by molar-refractivity contribution is 0.621. The molecule has 1 heterocycles. The number of benzene rings is 2. The van der Waals surface area contributed by atoms with E-state index in [2.05, 4.69) is 54.0 Å². The Morgan fingerprint density at radius 2 is 1.64 bits per heavy atom. The highest BCUT2D eigenvalue weighted by Gasteiger charge is 2.24. The fraction of sp³-hybridized carbons (Fsp3) is 0.304. The van der Waals surface area contributed by atoms with Gasteiger partial charge in [0.1, 0.15) is 0 Å². The molecule has 0 amide bonds. The summed E-state index contributed by atoms with van der Waals surface area (Å²) in [5.41, 5.74) is 8.75. The first-order chi connectivity index (χ1) is 12.3. The van der Waals surface area contributed by atoms with E-state index in [-0.39, 0.29) is 0 Å². The summed E-state index contributed by atoms with van der Waals surface area (Å²) in [6.07, 6.45) is 6.05. The molecule has 0 aliphatic heterocycles. The van der Waals surface area contributed by atoms with Crippen molar-refractivity contribution in [2.24, 2.45) is 0 Å². The second-order valence-electron chi connectivity index (χ2n) is 6.89. The van der Waals surface area contributed by atoms with E-state index >= 15 is 0 Å². The van der Waals surface area contributed by atoms with Gasteiger partial charge in [-0.2, -0.15) is 0 Å². The van der Waals surface area contributed by atoms with Crippen LogP contribution in [0.25, 0.3) is 11.1 Å². The summed E-state index contributed by atoms with van der Waals surface area (Å²) in [4.78, 5) is 0. The van der Waals surface area contributed by atoms with Gasteiger partial charge in [-0.15, -0.1) is 0 Å². The van der Waals surface area contributed by atoms with Gasteiger partial charge in [-0.05, 0) is 60.9 Å². The molecule has 0 unspecified atom stereocenters. The normalized spacial score (nSPS) is 13.7. The molecule has 0 N–H and O–H groups in total. The van der Waals surface area contributed by atoms with E-state index in [4.69, 9.17) is 11.6 Å². The topological polar surface area (TPSA) is 4.93 Å². The lowest BCUT2D eigenvalue weighted by atomic mass is 9.91. The zero-order valence-electron chi connectivity index (χ0n) is 14.8. The minimum atomic E-state index is 0.805. The lowest BCUT2D eigenvalue weighted by Gasteiger charge is -2.17. The van der Waals surface area contributed by atoms with Crippen LogP contribution in [0.15, 0.2) is 54.6 Å². The highest BCUT2D eigenvalue weighted by Crippen LogP contribution is 2.38. The molecule has 2 heteroatoms. The quantitative estimate of drug-likeness (QED) is 0.521. The highest BCUT2D eigenvalue weighted by atomic mass is 35.5. The summed E-state index contributed by atoms with van der Waals surface area (Å²) >= 11 is 6.12. The summed E-state index contributed by atoms with van der Waals surface area (Å²) in [6.45, 7) is 3.25. The Hall–Kier alpha value is -1.99. The number of nitrogens with zero attached hydrogens (tertiary/aromatic N) is 1. The van der Waals surface area contributed by atoms with Crippen molar-refractivity contribution in [3.8, 4) is 11.1 Å². The van der Waals surface area contributed by atoms with E-state index in [0.29, 0.717) is 0 Å². The van der Waals surface area contributed by atoms with Gasteiger partial charge in [-0.1, -0.05) is 61.0 Å². The fourth-order valence-corrected chi connectivity index (χ4v) is 4.34. The van der Waals surface area contributed by atoms with Crippen molar-refractivity contribution in [1.29, 1.82) is 0 Å². The lowest BCUT2D eigenvalue weighted by Crippen LogP contribution is -2.11. The summed E-state index contributed by atoms with van der Waals surface area (Å²) in [7, 11) is 0. The van der Waals surface area contributed by atoms with Gasteiger partial charge in [0.25, 0.3) is 0 Å². The number of aromatic nitrogens is 1. The van der Waals surface area contributed by atoms with E-state index in [9.17, 15) is 0 Å². The van der Waals surface area contributed by atoms with Crippen LogP contribution in [0.5, 0.6) is 0 Å². The van der Waals surface area contributed by atoms with Gasteiger partial charge in [-0.3, -0.25) is 0 Å². The predicted octanol–water partition coefficient (Wildman–Crippen LogP) is 6.30. The van der Waals surface area contributed by atoms with Crippen LogP contribution in [0, 0.1) is 0 Å². The van der Waals surface area contributed by atoms with Crippen LogP contribution >= 0.6 is 11.6 Å². The van der Waals surface area contributed by atoms with Crippen LogP contribution in [0.1, 0.15) is 42.3 Å². The van der Waals surface area contributed by atoms with Crippen LogP contribution < -0.4 is 0 Å². The van der Waals surface area contributed by atoms with Gasteiger partial charge in [0.15, 0.2) is 0 Å². The van der Waals surface area contributed by atoms with Crippen LogP contribution in [-0.4, -0.2) is 4.57 Å². The first-order valence-electron chi connectivity index (χ1n) is 9.31. The van der Waals surface area contributed by atoms with E-state index < -0.39 is 0 Å². The molecular weight excluding hydrogens is 326 g/mol. The predicted molar refractivity (Wildman–Crippen MR) is 106 cm³/mol. The summed E-state index contributed by atoms with van der Waals surface area (Å²) < 4.78 is 2.59. The van der Waals surface area contributed by atoms with E-state index in [0.717, 1.165) is 18.0 Å². The number of halogens is 1. The maximum Gasteiger partial charge on any atom is 0.0475 e. The van der Waals surface area contributed by atoms with Crippen LogP contribution in [0.3, 0.4) is 0 Å². The SMILES string of the molecule is CCc1c(-c2ccc(Cl)cc2)c2c(n1Cc1ccccc1)CCCC2. The molecule has 0 saturated carbocycles. The molecule has 0 saturated heterocycles. The van der Waals surface area contributed by atoms with Gasteiger partial charge < -0.3 is 4.57 Å². The highest BCUT2D eigenvalue weighted by molar-refractivity contribution is 6.30. The number of hydrogen-bond donors (Lipinski definition) is 0. The maximum absolute atomic E-state index is 6.12. The molecule has 0 radical (unpaired) electrons. The van der Waals surface area contributed by atoms with E-state index in [1.54, 1.807) is 11.3 Å². The molecule has 1 aromatic heterocycles. The van der Waals surface area contributed by atoms with Crippen molar-refractivity contribution in [3.63, 3.8) is 0 Å². The smallest absolute Gasteiger partial charge is 0.0475 e. The Morgan fingerprint density at radius 3 is 2.36 bits per heavy atom.